The minimum absolute atomic E-state index is 0.325. The lowest BCUT2D eigenvalue weighted by Crippen LogP contribution is -1.83. The van der Waals surface area contributed by atoms with Crippen LogP contribution in [0.3, 0.4) is 0 Å². The lowest BCUT2D eigenvalue weighted by molar-refractivity contribution is 0.619. The van der Waals surface area contributed by atoms with Gasteiger partial charge in [-0.1, -0.05) is 0 Å². The third-order valence-corrected chi connectivity index (χ3v) is 3.24. The minimum atomic E-state index is -0.327. The average molecular weight is 309 g/mol. The number of fused-ring (bicyclic) bond motifs is 1. The van der Waals surface area contributed by atoms with Crippen LogP contribution in [-0.2, 0) is 0 Å². The molecule has 0 unspecified atom stereocenters. The summed E-state index contributed by atoms with van der Waals surface area (Å²) in [6.07, 6.45) is 3.06. The smallest absolute Gasteiger partial charge is 0.139 e. The van der Waals surface area contributed by atoms with Crippen molar-refractivity contribution in [3.05, 3.63) is 58.8 Å². The predicted octanol–water partition coefficient (Wildman–Crippen LogP) is 4.04. The maximum atomic E-state index is 13.1. The first kappa shape index (κ1) is 11.3. The Labute approximate surface area is 110 Å². The van der Waals surface area contributed by atoms with Gasteiger partial charge in [0.15, 0.2) is 0 Å². The third-order valence-electron chi connectivity index (χ3n) is 2.63. The first-order valence-electron chi connectivity index (χ1n) is 5.23. The van der Waals surface area contributed by atoms with Gasteiger partial charge in [-0.3, -0.25) is 0 Å². The molecule has 2 heterocycles. The van der Waals surface area contributed by atoms with Crippen molar-refractivity contribution in [2.45, 2.75) is 0 Å². The molecule has 0 aliphatic rings. The van der Waals surface area contributed by atoms with Crippen LogP contribution in [0.2, 0.25) is 0 Å². The molecule has 0 aliphatic carbocycles. The normalized spacial score (nSPS) is 11.1. The van der Waals surface area contributed by atoms with Crippen molar-refractivity contribution in [3.8, 4) is 11.3 Å². The van der Waals surface area contributed by atoms with Crippen LogP contribution >= 0.6 is 15.9 Å². The van der Waals surface area contributed by atoms with E-state index in [9.17, 15) is 8.78 Å². The van der Waals surface area contributed by atoms with E-state index >= 15 is 0 Å². The molecule has 0 radical (unpaired) electrons. The van der Waals surface area contributed by atoms with Crippen molar-refractivity contribution in [2.24, 2.45) is 0 Å². The highest BCUT2D eigenvalue weighted by atomic mass is 79.9. The van der Waals surface area contributed by atoms with E-state index in [1.165, 1.54) is 18.3 Å². The van der Waals surface area contributed by atoms with Crippen LogP contribution in [0.1, 0.15) is 0 Å². The summed E-state index contributed by atoms with van der Waals surface area (Å²) in [6.45, 7) is 0. The molecule has 90 valence electrons. The number of imidazole rings is 1. The zero-order valence-electron chi connectivity index (χ0n) is 9.07. The van der Waals surface area contributed by atoms with Gasteiger partial charge in [0.2, 0.25) is 0 Å². The lowest BCUT2D eigenvalue weighted by Gasteiger charge is -1.98. The van der Waals surface area contributed by atoms with Crippen molar-refractivity contribution in [2.75, 3.05) is 0 Å². The van der Waals surface area contributed by atoms with E-state index in [1.54, 1.807) is 28.8 Å². The Morgan fingerprint density at radius 1 is 1.06 bits per heavy atom. The van der Waals surface area contributed by atoms with Crippen LogP contribution in [0.15, 0.2) is 47.2 Å². The minimum Gasteiger partial charge on any atom is -0.304 e. The van der Waals surface area contributed by atoms with Crippen molar-refractivity contribution in [1.29, 1.82) is 0 Å². The van der Waals surface area contributed by atoms with Gasteiger partial charge in [0.05, 0.1) is 10.2 Å². The molecule has 0 bridgehead atoms. The summed E-state index contributed by atoms with van der Waals surface area (Å²) >= 11 is 3.13. The van der Waals surface area contributed by atoms with Crippen molar-refractivity contribution in [3.63, 3.8) is 0 Å². The molecule has 0 spiro atoms. The Kier molecular flexibility index (Phi) is 2.63. The number of benzene rings is 1. The fraction of sp³-hybridized carbons (Fsp3) is 0. The summed E-state index contributed by atoms with van der Waals surface area (Å²) in [5.74, 6) is -0.653. The lowest BCUT2D eigenvalue weighted by atomic mass is 10.2. The van der Waals surface area contributed by atoms with Gasteiger partial charge in [-0.15, -0.1) is 0 Å². The molecule has 0 fully saturated rings. The molecule has 2 nitrogen and oxygen atoms in total. The zero-order chi connectivity index (χ0) is 12.7. The third kappa shape index (κ3) is 1.90. The van der Waals surface area contributed by atoms with Gasteiger partial charge in [-0.05, 0) is 46.3 Å². The molecule has 1 aromatic carbocycles. The molecule has 0 saturated heterocycles. The molecule has 0 N–H and O–H groups in total. The first-order chi connectivity index (χ1) is 8.63. The van der Waals surface area contributed by atoms with Crippen molar-refractivity contribution >= 4 is 21.6 Å². The second-order valence-electron chi connectivity index (χ2n) is 3.87. The highest BCUT2D eigenvalue weighted by molar-refractivity contribution is 9.10. The first-order valence-corrected chi connectivity index (χ1v) is 6.02. The molecule has 2 aromatic heterocycles. The van der Waals surface area contributed by atoms with E-state index in [4.69, 9.17) is 0 Å². The monoisotopic (exact) mass is 308 g/mol. The average Bonchev–Trinajstić information content (AvgIpc) is 2.75. The molecule has 18 heavy (non-hydrogen) atoms. The molecule has 3 aromatic rings. The van der Waals surface area contributed by atoms with E-state index in [2.05, 4.69) is 20.9 Å². The van der Waals surface area contributed by atoms with E-state index in [1.807, 2.05) is 0 Å². The summed E-state index contributed by atoms with van der Waals surface area (Å²) in [6, 6.07) is 7.60. The predicted molar refractivity (Wildman–Crippen MR) is 68.2 cm³/mol. The highest BCUT2D eigenvalue weighted by Gasteiger charge is 2.07. The highest BCUT2D eigenvalue weighted by Crippen LogP contribution is 2.25. The molecule has 0 atom stereocenters. The molecular formula is C13H7BrF2N2. The Morgan fingerprint density at radius 3 is 2.67 bits per heavy atom. The molecular weight excluding hydrogens is 302 g/mol. The molecule has 0 amide bonds. The van der Waals surface area contributed by atoms with Crippen LogP contribution in [0.4, 0.5) is 8.78 Å². The fourth-order valence-corrected chi connectivity index (χ4v) is 2.14. The van der Waals surface area contributed by atoms with Crippen LogP contribution in [0.25, 0.3) is 16.9 Å². The van der Waals surface area contributed by atoms with Gasteiger partial charge in [0.1, 0.15) is 17.3 Å². The molecule has 0 saturated carbocycles. The van der Waals surface area contributed by atoms with Crippen LogP contribution in [0.5, 0.6) is 0 Å². The van der Waals surface area contributed by atoms with Gasteiger partial charge in [-0.2, -0.15) is 0 Å². The molecule has 0 aliphatic heterocycles. The number of hydrogen-bond donors (Lipinski definition) is 0. The summed E-state index contributed by atoms with van der Waals surface area (Å²) < 4.78 is 28.2. The largest absolute Gasteiger partial charge is 0.304 e. The van der Waals surface area contributed by atoms with Crippen molar-refractivity contribution in [1.82, 2.24) is 9.38 Å². The van der Waals surface area contributed by atoms with Gasteiger partial charge in [0, 0.05) is 18.0 Å². The summed E-state index contributed by atoms with van der Waals surface area (Å²) in [4.78, 5) is 4.35. The number of halogens is 3. The maximum absolute atomic E-state index is 13.1. The Hall–Kier alpha value is -1.75. The van der Waals surface area contributed by atoms with Gasteiger partial charge >= 0.3 is 0 Å². The number of aromatic nitrogens is 2. The molecule has 3 rings (SSSR count). The van der Waals surface area contributed by atoms with Gasteiger partial charge in [-0.25, -0.2) is 13.8 Å². The van der Waals surface area contributed by atoms with Crippen LogP contribution < -0.4 is 0 Å². The number of pyridine rings is 1. The second-order valence-corrected chi connectivity index (χ2v) is 4.72. The van der Waals surface area contributed by atoms with E-state index < -0.39 is 0 Å². The maximum Gasteiger partial charge on any atom is 0.139 e. The number of hydrogen-bond acceptors (Lipinski definition) is 1. The van der Waals surface area contributed by atoms with Crippen LogP contribution in [0, 0.1) is 11.6 Å². The summed E-state index contributed by atoms with van der Waals surface area (Å²) in [5.41, 5.74) is 2.08. The zero-order valence-corrected chi connectivity index (χ0v) is 10.7. The van der Waals surface area contributed by atoms with E-state index in [0.29, 0.717) is 15.8 Å². The number of nitrogens with zero attached hydrogens (tertiary/aromatic N) is 2. The Balaban J connectivity index is 2.16. The van der Waals surface area contributed by atoms with Crippen molar-refractivity contribution < 1.29 is 8.78 Å². The fourth-order valence-electron chi connectivity index (χ4n) is 1.76. The van der Waals surface area contributed by atoms with Gasteiger partial charge in [0.25, 0.3) is 0 Å². The standard InChI is InChI=1S/C13H7BrF2N2/c14-10-5-8(1-3-11(10)16)12-7-18-6-9(15)2-4-13(18)17-12/h1-7H. The topological polar surface area (TPSA) is 17.3 Å². The quantitative estimate of drug-likeness (QED) is 0.663. The van der Waals surface area contributed by atoms with Gasteiger partial charge < -0.3 is 4.40 Å². The summed E-state index contributed by atoms with van der Waals surface area (Å²) in [7, 11) is 0. The number of rotatable bonds is 1. The van der Waals surface area contributed by atoms with E-state index in [0.717, 1.165) is 5.56 Å². The van der Waals surface area contributed by atoms with Crippen LogP contribution in [-0.4, -0.2) is 9.38 Å². The Morgan fingerprint density at radius 2 is 1.89 bits per heavy atom. The molecule has 5 heteroatoms. The van der Waals surface area contributed by atoms with E-state index in [-0.39, 0.29) is 11.6 Å². The summed E-state index contributed by atoms with van der Waals surface area (Å²) in [5, 5.41) is 0. The second kappa shape index (κ2) is 4.17. The SMILES string of the molecule is Fc1ccc2nc(-c3ccc(F)c(Br)c3)cn2c1. The Bertz CT molecular complexity index is 737.